The van der Waals surface area contributed by atoms with E-state index in [1.54, 1.807) is 6.92 Å². The number of sulfone groups is 1. The van der Waals surface area contributed by atoms with Crippen molar-refractivity contribution in [1.29, 1.82) is 0 Å². The van der Waals surface area contributed by atoms with Crippen LogP contribution in [0.3, 0.4) is 0 Å². The summed E-state index contributed by atoms with van der Waals surface area (Å²) >= 11 is 0. The van der Waals surface area contributed by atoms with Gasteiger partial charge in [-0.2, -0.15) is 0 Å². The standard InChI is InChI=1S/C8H20N2O4S2/c1-4-10(6-8(2)5-9)16(13,14)7-15(3,11)12/h8H,4-7,9H2,1-3H3. The van der Waals surface area contributed by atoms with Crippen LogP contribution in [0.2, 0.25) is 0 Å². The Morgan fingerprint density at radius 2 is 1.75 bits per heavy atom. The molecular formula is C8H20N2O4S2. The number of rotatable bonds is 7. The average Bonchev–Trinajstić information content (AvgIpc) is 2.09. The van der Waals surface area contributed by atoms with E-state index in [1.165, 1.54) is 0 Å². The van der Waals surface area contributed by atoms with E-state index in [-0.39, 0.29) is 19.0 Å². The molecule has 2 N–H and O–H groups in total. The predicted octanol–water partition coefficient (Wildman–Crippen LogP) is -0.765. The van der Waals surface area contributed by atoms with E-state index >= 15 is 0 Å². The summed E-state index contributed by atoms with van der Waals surface area (Å²) in [6, 6.07) is 0. The van der Waals surface area contributed by atoms with Gasteiger partial charge in [0, 0.05) is 19.3 Å². The van der Waals surface area contributed by atoms with Crippen molar-refractivity contribution in [2.45, 2.75) is 13.8 Å². The lowest BCUT2D eigenvalue weighted by molar-refractivity contribution is 0.373. The molecule has 16 heavy (non-hydrogen) atoms. The minimum Gasteiger partial charge on any atom is -0.330 e. The van der Waals surface area contributed by atoms with Gasteiger partial charge >= 0.3 is 0 Å². The molecule has 98 valence electrons. The van der Waals surface area contributed by atoms with Gasteiger partial charge < -0.3 is 5.73 Å². The van der Waals surface area contributed by atoms with Crippen LogP contribution in [0.15, 0.2) is 0 Å². The van der Waals surface area contributed by atoms with E-state index in [9.17, 15) is 16.8 Å². The second kappa shape index (κ2) is 5.95. The number of nitrogens with two attached hydrogens (primary N) is 1. The van der Waals surface area contributed by atoms with Crippen LogP contribution in [0.25, 0.3) is 0 Å². The predicted molar refractivity (Wildman–Crippen MR) is 64.1 cm³/mol. The smallest absolute Gasteiger partial charge is 0.228 e. The van der Waals surface area contributed by atoms with Crippen molar-refractivity contribution in [2.24, 2.45) is 11.7 Å². The lowest BCUT2D eigenvalue weighted by Crippen LogP contribution is -2.39. The fraction of sp³-hybridized carbons (Fsp3) is 1.00. The molecule has 0 radical (unpaired) electrons. The average molecular weight is 272 g/mol. The van der Waals surface area contributed by atoms with E-state index < -0.39 is 24.9 Å². The van der Waals surface area contributed by atoms with Crippen LogP contribution in [-0.2, 0) is 19.9 Å². The maximum atomic E-state index is 11.7. The first kappa shape index (κ1) is 15.8. The molecule has 0 aromatic carbocycles. The Bertz CT molecular complexity index is 402. The van der Waals surface area contributed by atoms with Crippen LogP contribution in [0.5, 0.6) is 0 Å². The van der Waals surface area contributed by atoms with Gasteiger partial charge in [-0.1, -0.05) is 13.8 Å². The molecule has 1 unspecified atom stereocenters. The van der Waals surface area contributed by atoms with Gasteiger partial charge in [0.25, 0.3) is 0 Å². The van der Waals surface area contributed by atoms with Crippen molar-refractivity contribution in [3.05, 3.63) is 0 Å². The van der Waals surface area contributed by atoms with Crippen molar-refractivity contribution in [1.82, 2.24) is 4.31 Å². The molecule has 0 spiro atoms. The van der Waals surface area contributed by atoms with E-state index in [0.717, 1.165) is 10.6 Å². The van der Waals surface area contributed by atoms with E-state index in [0.29, 0.717) is 6.54 Å². The normalized spacial score (nSPS) is 15.3. The minimum absolute atomic E-state index is 0.00860. The molecule has 0 rings (SSSR count). The topological polar surface area (TPSA) is 97.5 Å². The van der Waals surface area contributed by atoms with Gasteiger partial charge in [-0.05, 0) is 12.5 Å². The van der Waals surface area contributed by atoms with Crippen LogP contribution in [0.4, 0.5) is 0 Å². The molecule has 0 aromatic heterocycles. The summed E-state index contributed by atoms with van der Waals surface area (Å²) in [5.74, 6) is 0.00860. The first-order valence-electron chi connectivity index (χ1n) is 4.98. The molecule has 8 heteroatoms. The summed E-state index contributed by atoms with van der Waals surface area (Å²) in [7, 11) is -7.29. The third-order valence-corrected chi connectivity index (χ3v) is 6.12. The summed E-state index contributed by atoms with van der Waals surface area (Å²) in [5, 5.41) is -0.842. The van der Waals surface area contributed by atoms with Crippen molar-refractivity contribution in [3.8, 4) is 0 Å². The third kappa shape index (κ3) is 5.78. The second-order valence-electron chi connectivity index (χ2n) is 3.95. The monoisotopic (exact) mass is 272 g/mol. The minimum atomic E-state index is -3.75. The molecular weight excluding hydrogens is 252 g/mol. The largest absolute Gasteiger partial charge is 0.330 e. The van der Waals surface area contributed by atoms with Crippen LogP contribution in [0, 0.1) is 5.92 Å². The van der Waals surface area contributed by atoms with Crippen molar-refractivity contribution < 1.29 is 16.8 Å². The van der Waals surface area contributed by atoms with Crippen LogP contribution >= 0.6 is 0 Å². The molecule has 0 aromatic rings. The van der Waals surface area contributed by atoms with Crippen LogP contribution in [0.1, 0.15) is 13.8 Å². The van der Waals surface area contributed by atoms with Gasteiger partial charge in [-0.15, -0.1) is 0 Å². The number of hydrogen-bond donors (Lipinski definition) is 1. The summed E-state index contributed by atoms with van der Waals surface area (Å²) in [6.45, 7) is 4.36. The third-order valence-electron chi connectivity index (χ3n) is 2.03. The maximum Gasteiger partial charge on any atom is 0.228 e. The summed E-state index contributed by atoms with van der Waals surface area (Å²) in [5.41, 5.74) is 5.41. The maximum absolute atomic E-state index is 11.7. The highest BCUT2D eigenvalue weighted by Gasteiger charge is 2.26. The Hall–Kier alpha value is -0.180. The van der Waals surface area contributed by atoms with Gasteiger partial charge in [0.05, 0.1) is 0 Å². The van der Waals surface area contributed by atoms with Crippen LogP contribution in [-0.4, -0.2) is 52.1 Å². The molecule has 0 aliphatic heterocycles. The van der Waals surface area contributed by atoms with Gasteiger partial charge in [0.2, 0.25) is 10.0 Å². The summed E-state index contributed by atoms with van der Waals surface area (Å²) in [4.78, 5) is 0. The number of hydrogen-bond acceptors (Lipinski definition) is 5. The van der Waals surface area contributed by atoms with E-state index in [4.69, 9.17) is 5.73 Å². The lowest BCUT2D eigenvalue weighted by atomic mass is 10.2. The highest BCUT2D eigenvalue weighted by Crippen LogP contribution is 2.07. The highest BCUT2D eigenvalue weighted by atomic mass is 32.3. The van der Waals surface area contributed by atoms with E-state index in [2.05, 4.69) is 0 Å². The summed E-state index contributed by atoms with van der Waals surface area (Å²) in [6.07, 6.45) is 0.907. The SMILES string of the molecule is CCN(CC(C)CN)S(=O)(=O)CS(C)(=O)=O. The molecule has 0 aliphatic carbocycles. The molecule has 0 saturated carbocycles. The van der Waals surface area contributed by atoms with Gasteiger partial charge in [-0.3, -0.25) is 0 Å². The first-order valence-corrected chi connectivity index (χ1v) is 8.65. The van der Waals surface area contributed by atoms with E-state index in [1.807, 2.05) is 6.92 Å². The van der Waals surface area contributed by atoms with Crippen molar-refractivity contribution >= 4 is 19.9 Å². The number of nitrogens with zero attached hydrogens (tertiary/aromatic N) is 1. The molecule has 0 saturated heterocycles. The Morgan fingerprint density at radius 1 is 1.25 bits per heavy atom. The van der Waals surface area contributed by atoms with Crippen molar-refractivity contribution in [3.63, 3.8) is 0 Å². The Labute approximate surface area is 97.8 Å². The van der Waals surface area contributed by atoms with Gasteiger partial charge in [0.1, 0.15) is 0 Å². The summed E-state index contributed by atoms with van der Waals surface area (Å²) < 4.78 is 46.6. The quantitative estimate of drug-likeness (QED) is 0.656. The highest BCUT2D eigenvalue weighted by molar-refractivity contribution is 8.06. The van der Waals surface area contributed by atoms with Crippen molar-refractivity contribution in [2.75, 3.05) is 31.0 Å². The fourth-order valence-corrected chi connectivity index (χ4v) is 4.84. The Balaban J connectivity index is 4.82. The molecule has 1 atom stereocenters. The van der Waals surface area contributed by atoms with Gasteiger partial charge in [0.15, 0.2) is 14.9 Å². The zero-order valence-corrected chi connectivity index (χ0v) is 11.5. The number of sulfonamides is 1. The molecule has 6 nitrogen and oxygen atoms in total. The molecule has 0 heterocycles. The fourth-order valence-electron chi connectivity index (χ4n) is 1.21. The van der Waals surface area contributed by atoms with Crippen LogP contribution < -0.4 is 5.73 Å². The molecule has 0 amide bonds. The molecule has 0 bridgehead atoms. The Kier molecular flexibility index (Phi) is 5.88. The van der Waals surface area contributed by atoms with Gasteiger partial charge in [-0.25, -0.2) is 21.1 Å². The molecule has 0 fully saturated rings. The molecule has 0 aliphatic rings. The first-order chi connectivity index (χ1) is 7.12. The Morgan fingerprint density at radius 3 is 2.06 bits per heavy atom. The zero-order chi connectivity index (χ0) is 13.0. The lowest BCUT2D eigenvalue weighted by Gasteiger charge is -2.22. The second-order valence-corrected chi connectivity index (χ2v) is 8.42. The zero-order valence-electron chi connectivity index (χ0n) is 9.88.